The summed E-state index contributed by atoms with van der Waals surface area (Å²) in [5.41, 5.74) is 0.184. The molecule has 0 bridgehead atoms. The van der Waals surface area contributed by atoms with Crippen LogP contribution in [0.15, 0.2) is 24.3 Å². The number of hydrogen-bond acceptors (Lipinski definition) is 3. The van der Waals surface area contributed by atoms with E-state index in [2.05, 4.69) is 5.32 Å². The molecule has 1 saturated carbocycles. The number of benzene rings is 1. The summed E-state index contributed by atoms with van der Waals surface area (Å²) in [5.74, 6) is -0.908. The smallest absolute Gasteiger partial charge is 0.223 e. The van der Waals surface area contributed by atoms with E-state index in [1.54, 1.807) is 12.1 Å². The summed E-state index contributed by atoms with van der Waals surface area (Å²) in [7, 11) is -3.57. The van der Waals surface area contributed by atoms with Gasteiger partial charge in [-0.3, -0.25) is 4.79 Å². The van der Waals surface area contributed by atoms with Crippen molar-refractivity contribution in [2.45, 2.75) is 50.3 Å². The SMILES string of the molecule is O=C(NC1CCCC1)C1CCN(S(=O)(=O)Cc2ccccc2F)CC1. The topological polar surface area (TPSA) is 66.5 Å². The van der Waals surface area contributed by atoms with E-state index >= 15 is 0 Å². The van der Waals surface area contributed by atoms with Crippen LogP contribution in [-0.2, 0) is 20.6 Å². The lowest BCUT2D eigenvalue weighted by Crippen LogP contribution is -2.45. The van der Waals surface area contributed by atoms with E-state index in [-0.39, 0.29) is 29.2 Å². The van der Waals surface area contributed by atoms with E-state index in [4.69, 9.17) is 0 Å². The van der Waals surface area contributed by atoms with Crippen molar-refractivity contribution in [2.24, 2.45) is 5.92 Å². The van der Waals surface area contributed by atoms with Gasteiger partial charge in [-0.05, 0) is 31.7 Å². The molecule has 1 amide bonds. The van der Waals surface area contributed by atoms with Gasteiger partial charge in [0.15, 0.2) is 0 Å². The zero-order valence-electron chi connectivity index (χ0n) is 14.3. The number of hydrogen-bond donors (Lipinski definition) is 1. The van der Waals surface area contributed by atoms with Crippen molar-refractivity contribution < 1.29 is 17.6 Å². The number of nitrogens with zero attached hydrogens (tertiary/aromatic N) is 1. The fraction of sp³-hybridized carbons (Fsp3) is 0.611. The molecule has 1 aromatic rings. The van der Waals surface area contributed by atoms with Gasteiger partial charge in [0.1, 0.15) is 5.82 Å². The van der Waals surface area contributed by atoms with E-state index in [1.807, 2.05) is 0 Å². The number of rotatable bonds is 5. The van der Waals surface area contributed by atoms with Gasteiger partial charge in [-0.15, -0.1) is 0 Å². The first-order chi connectivity index (χ1) is 12.0. The minimum Gasteiger partial charge on any atom is -0.353 e. The lowest BCUT2D eigenvalue weighted by molar-refractivity contribution is -0.126. The molecule has 1 heterocycles. The zero-order chi connectivity index (χ0) is 17.9. The molecule has 1 aromatic carbocycles. The Morgan fingerprint density at radius 2 is 1.76 bits per heavy atom. The molecule has 7 heteroatoms. The minimum atomic E-state index is -3.57. The highest BCUT2D eigenvalue weighted by molar-refractivity contribution is 7.88. The Morgan fingerprint density at radius 1 is 1.12 bits per heavy atom. The number of carbonyl (C=O) groups excluding carboxylic acids is 1. The maximum absolute atomic E-state index is 13.7. The second-order valence-corrected chi connectivity index (χ2v) is 8.98. The van der Waals surface area contributed by atoms with E-state index in [9.17, 15) is 17.6 Å². The predicted octanol–water partition coefficient (Wildman–Crippen LogP) is 2.43. The molecule has 138 valence electrons. The van der Waals surface area contributed by atoms with Crippen LogP contribution in [0.25, 0.3) is 0 Å². The van der Waals surface area contributed by atoms with Crippen molar-refractivity contribution in [3.8, 4) is 0 Å². The Labute approximate surface area is 148 Å². The van der Waals surface area contributed by atoms with Gasteiger partial charge in [0.2, 0.25) is 15.9 Å². The summed E-state index contributed by atoms with van der Waals surface area (Å²) in [6.07, 6.45) is 5.46. The van der Waals surface area contributed by atoms with E-state index in [0.29, 0.717) is 25.9 Å². The highest BCUT2D eigenvalue weighted by atomic mass is 32.2. The van der Waals surface area contributed by atoms with Gasteiger partial charge >= 0.3 is 0 Å². The second-order valence-electron chi connectivity index (χ2n) is 7.01. The molecular weight excluding hydrogens is 343 g/mol. The fourth-order valence-electron chi connectivity index (χ4n) is 3.69. The summed E-state index contributed by atoms with van der Waals surface area (Å²) in [4.78, 5) is 12.3. The highest BCUT2D eigenvalue weighted by Gasteiger charge is 2.32. The van der Waals surface area contributed by atoms with Crippen molar-refractivity contribution in [2.75, 3.05) is 13.1 Å². The van der Waals surface area contributed by atoms with Gasteiger partial charge in [-0.2, -0.15) is 0 Å². The standard InChI is InChI=1S/C18H25FN2O3S/c19-17-8-4-1-5-15(17)13-25(23,24)21-11-9-14(10-12-21)18(22)20-16-6-2-3-7-16/h1,4-5,8,14,16H,2-3,6-7,9-13H2,(H,20,22). The Balaban J connectivity index is 1.54. The zero-order valence-corrected chi connectivity index (χ0v) is 15.1. The fourth-order valence-corrected chi connectivity index (χ4v) is 5.27. The van der Waals surface area contributed by atoms with Crippen LogP contribution in [0.4, 0.5) is 4.39 Å². The molecule has 0 atom stereocenters. The molecule has 25 heavy (non-hydrogen) atoms. The van der Waals surface area contributed by atoms with Crippen molar-refractivity contribution >= 4 is 15.9 Å². The quantitative estimate of drug-likeness (QED) is 0.868. The van der Waals surface area contributed by atoms with Gasteiger partial charge in [-0.25, -0.2) is 17.1 Å². The third-order valence-corrected chi connectivity index (χ3v) is 7.04. The third kappa shape index (κ3) is 4.58. The first-order valence-corrected chi connectivity index (χ1v) is 10.6. The number of amides is 1. The molecule has 1 saturated heterocycles. The average molecular weight is 368 g/mol. The normalized spacial score (nSPS) is 20.7. The molecule has 0 spiro atoms. The molecule has 2 aliphatic rings. The van der Waals surface area contributed by atoms with Gasteiger partial charge in [0.25, 0.3) is 0 Å². The van der Waals surface area contributed by atoms with Crippen LogP contribution in [0.2, 0.25) is 0 Å². The van der Waals surface area contributed by atoms with E-state index in [1.165, 1.54) is 16.4 Å². The largest absolute Gasteiger partial charge is 0.353 e. The maximum Gasteiger partial charge on any atom is 0.223 e. The van der Waals surface area contributed by atoms with E-state index < -0.39 is 15.8 Å². The molecule has 3 rings (SSSR count). The van der Waals surface area contributed by atoms with Crippen molar-refractivity contribution in [3.05, 3.63) is 35.6 Å². The summed E-state index contributed by atoms with van der Waals surface area (Å²) >= 11 is 0. The lowest BCUT2D eigenvalue weighted by atomic mass is 9.97. The monoisotopic (exact) mass is 368 g/mol. The van der Waals surface area contributed by atoms with Crippen LogP contribution in [-0.4, -0.2) is 37.8 Å². The van der Waals surface area contributed by atoms with Crippen LogP contribution >= 0.6 is 0 Å². The van der Waals surface area contributed by atoms with Crippen molar-refractivity contribution in [3.63, 3.8) is 0 Å². The molecule has 5 nitrogen and oxygen atoms in total. The highest BCUT2D eigenvalue weighted by Crippen LogP contribution is 2.24. The van der Waals surface area contributed by atoms with Gasteiger partial charge in [-0.1, -0.05) is 31.0 Å². The van der Waals surface area contributed by atoms with Crippen LogP contribution in [0.3, 0.4) is 0 Å². The lowest BCUT2D eigenvalue weighted by Gasteiger charge is -2.31. The summed E-state index contributed by atoms with van der Waals surface area (Å²) < 4.78 is 40.1. The average Bonchev–Trinajstić information content (AvgIpc) is 3.10. The van der Waals surface area contributed by atoms with E-state index in [0.717, 1.165) is 25.7 Å². The Bertz CT molecular complexity index is 709. The Kier molecular flexibility index (Phi) is 5.74. The number of sulfonamides is 1. The predicted molar refractivity (Wildman–Crippen MR) is 93.7 cm³/mol. The van der Waals surface area contributed by atoms with Crippen LogP contribution in [0.1, 0.15) is 44.1 Å². The van der Waals surface area contributed by atoms with Crippen molar-refractivity contribution in [1.29, 1.82) is 0 Å². The summed E-state index contributed by atoms with van der Waals surface area (Å²) in [6.45, 7) is 0.638. The number of halogens is 1. The molecule has 1 N–H and O–H groups in total. The summed E-state index contributed by atoms with van der Waals surface area (Å²) in [5, 5.41) is 3.09. The molecule has 0 unspecified atom stereocenters. The van der Waals surface area contributed by atoms with Crippen LogP contribution in [0.5, 0.6) is 0 Å². The number of nitrogens with one attached hydrogen (secondary N) is 1. The molecular formula is C18H25FN2O3S. The summed E-state index contributed by atoms with van der Waals surface area (Å²) in [6, 6.07) is 6.22. The van der Waals surface area contributed by atoms with Gasteiger partial charge in [0.05, 0.1) is 5.75 Å². The number of carbonyl (C=O) groups is 1. The molecule has 0 radical (unpaired) electrons. The third-order valence-electron chi connectivity index (χ3n) is 5.22. The Morgan fingerprint density at radius 3 is 2.40 bits per heavy atom. The second kappa shape index (κ2) is 7.83. The molecule has 1 aliphatic heterocycles. The minimum absolute atomic E-state index is 0.0538. The van der Waals surface area contributed by atoms with Crippen molar-refractivity contribution in [1.82, 2.24) is 9.62 Å². The van der Waals surface area contributed by atoms with Gasteiger partial charge < -0.3 is 5.32 Å². The Hall–Kier alpha value is -1.47. The molecule has 1 aliphatic carbocycles. The molecule has 0 aromatic heterocycles. The van der Waals surface area contributed by atoms with Crippen LogP contribution < -0.4 is 5.32 Å². The molecule has 2 fully saturated rings. The first-order valence-electron chi connectivity index (χ1n) is 8.97. The maximum atomic E-state index is 13.7. The first kappa shape index (κ1) is 18.3. The van der Waals surface area contributed by atoms with Crippen LogP contribution in [0, 0.1) is 11.7 Å². The number of piperidine rings is 1. The van der Waals surface area contributed by atoms with Gasteiger partial charge in [0, 0.05) is 30.6 Å².